The Kier molecular flexibility index (Phi) is 5.21. The van der Waals surface area contributed by atoms with Crippen molar-refractivity contribution < 1.29 is 14.3 Å². The van der Waals surface area contributed by atoms with Crippen molar-refractivity contribution in [2.45, 2.75) is 13.0 Å². The average molecular weight is 272 g/mol. The van der Waals surface area contributed by atoms with E-state index in [0.717, 1.165) is 0 Å². The topological polar surface area (TPSA) is 129 Å². The van der Waals surface area contributed by atoms with Gasteiger partial charge in [0.25, 0.3) is 5.91 Å². The molecule has 0 aliphatic carbocycles. The molecule has 0 saturated heterocycles. The molecule has 0 aliphatic rings. The monoisotopic (exact) mass is 272 g/mol. The first-order valence-corrected chi connectivity index (χ1v) is 5.70. The van der Waals surface area contributed by atoms with E-state index >= 15 is 0 Å². The third-order valence-electron chi connectivity index (χ3n) is 2.35. The lowest BCUT2D eigenvalue weighted by Gasteiger charge is -2.11. The number of rotatable bonds is 4. The number of nitrogens with two attached hydrogens (primary N) is 1. The van der Waals surface area contributed by atoms with Gasteiger partial charge >= 0.3 is 5.97 Å². The summed E-state index contributed by atoms with van der Waals surface area (Å²) in [5.74, 6) is -1.59. The molecule has 0 saturated carbocycles. The van der Waals surface area contributed by atoms with E-state index in [2.05, 4.69) is 10.1 Å². The van der Waals surface area contributed by atoms with Crippen molar-refractivity contribution >= 4 is 17.6 Å². The maximum atomic E-state index is 11.7. The zero-order chi connectivity index (χ0) is 15.1. The summed E-state index contributed by atoms with van der Waals surface area (Å²) in [4.78, 5) is 23.0. The van der Waals surface area contributed by atoms with Crippen LogP contribution in [0.4, 0.5) is 5.69 Å². The van der Waals surface area contributed by atoms with E-state index in [1.54, 1.807) is 6.92 Å². The fourth-order valence-corrected chi connectivity index (χ4v) is 1.37. The number of nitriles is 2. The summed E-state index contributed by atoms with van der Waals surface area (Å²) in [6, 6.07) is 6.40. The minimum atomic E-state index is -1.45. The highest BCUT2D eigenvalue weighted by Crippen LogP contribution is 2.14. The Labute approximate surface area is 115 Å². The highest BCUT2D eigenvalue weighted by Gasteiger charge is 2.23. The lowest BCUT2D eigenvalue weighted by Crippen LogP contribution is -2.43. The highest BCUT2D eigenvalue weighted by molar-refractivity contribution is 6.08. The zero-order valence-corrected chi connectivity index (χ0v) is 10.7. The molecule has 1 amide bonds. The summed E-state index contributed by atoms with van der Waals surface area (Å²) in [6.07, 6.45) is 0. The Morgan fingerprint density at radius 3 is 2.55 bits per heavy atom. The van der Waals surface area contributed by atoms with E-state index in [0.29, 0.717) is 0 Å². The molecule has 1 unspecified atom stereocenters. The van der Waals surface area contributed by atoms with Crippen LogP contribution < -0.4 is 11.1 Å². The van der Waals surface area contributed by atoms with Gasteiger partial charge in [-0.1, -0.05) is 0 Å². The first kappa shape index (κ1) is 15.2. The lowest BCUT2D eigenvalue weighted by atomic mass is 10.1. The molecule has 0 bridgehead atoms. The number of benzene rings is 1. The molecule has 0 fully saturated rings. The fraction of sp³-hybridized carbons (Fsp3) is 0.231. The molecular weight excluding hydrogens is 260 g/mol. The number of anilines is 1. The number of nitrogens with zero attached hydrogens (tertiary/aromatic N) is 2. The van der Waals surface area contributed by atoms with Gasteiger partial charge < -0.3 is 15.8 Å². The summed E-state index contributed by atoms with van der Waals surface area (Å²) in [5.41, 5.74) is 6.00. The van der Waals surface area contributed by atoms with E-state index < -0.39 is 17.9 Å². The number of amides is 1. The third kappa shape index (κ3) is 3.55. The second-order valence-corrected chi connectivity index (χ2v) is 3.70. The number of hydrogen-bond acceptors (Lipinski definition) is 6. The van der Waals surface area contributed by atoms with Crippen LogP contribution >= 0.6 is 0 Å². The molecule has 0 aromatic heterocycles. The fourth-order valence-electron chi connectivity index (χ4n) is 1.37. The molecule has 1 rings (SSSR count). The predicted molar refractivity (Wildman–Crippen MR) is 69.1 cm³/mol. The van der Waals surface area contributed by atoms with Gasteiger partial charge in [-0.3, -0.25) is 4.79 Å². The predicted octanol–water partition coefficient (Wildman–Crippen LogP) is 0.259. The Bertz CT molecular complexity index is 613. The van der Waals surface area contributed by atoms with Crippen molar-refractivity contribution in [3.8, 4) is 12.1 Å². The molecule has 0 spiro atoms. The van der Waals surface area contributed by atoms with Gasteiger partial charge in [0.05, 0.1) is 17.7 Å². The van der Waals surface area contributed by atoms with Gasteiger partial charge in [-0.15, -0.1) is 0 Å². The van der Waals surface area contributed by atoms with Gasteiger partial charge in [0.2, 0.25) is 0 Å². The normalized spacial score (nSPS) is 10.8. The van der Waals surface area contributed by atoms with Crippen molar-refractivity contribution in [1.82, 2.24) is 0 Å². The van der Waals surface area contributed by atoms with Crippen LogP contribution in [0.25, 0.3) is 0 Å². The largest absolute Gasteiger partial charge is 0.464 e. The highest BCUT2D eigenvalue weighted by atomic mass is 16.5. The number of ether oxygens (including phenoxy) is 1. The minimum absolute atomic E-state index is 0.120. The van der Waals surface area contributed by atoms with Crippen molar-refractivity contribution in [2.75, 3.05) is 11.9 Å². The maximum absolute atomic E-state index is 11.7. The molecule has 0 heterocycles. The summed E-state index contributed by atoms with van der Waals surface area (Å²) in [7, 11) is 0. The van der Waals surface area contributed by atoms with Gasteiger partial charge in [-0.2, -0.15) is 10.5 Å². The van der Waals surface area contributed by atoms with Crippen molar-refractivity contribution in [1.29, 1.82) is 10.5 Å². The molecule has 1 aromatic rings. The van der Waals surface area contributed by atoms with Gasteiger partial charge in [-0.25, -0.2) is 4.79 Å². The molecular formula is C13H12N4O3. The summed E-state index contributed by atoms with van der Waals surface area (Å²) < 4.78 is 4.62. The number of hydrogen-bond donors (Lipinski definition) is 2. The summed E-state index contributed by atoms with van der Waals surface area (Å²) in [5, 5.41) is 20.0. The zero-order valence-electron chi connectivity index (χ0n) is 10.7. The number of carbonyl (C=O) groups is 2. The summed E-state index contributed by atoms with van der Waals surface area (Å²) >= 11 is 0. The SMILES string of the molecule is CCOC(=O)C(N)C(=O)Nc1ccc(C#N)c(C#N)c1. The smallest absolute Gasteiger partial charge is 0.332 e. The van der Waals surface area contributed by atoms with Crippen LogP contribution in [0.3, 0.4) is 0 Å². The number of carbonyl (C=O) groups excluding carboxylic acids is 2. The van der Waals surface area contributed by atoms with Gasteiger partial charge in [-0.05, 0) is 25.1 Å². The Morgan fingerprint density at radius 2 is 2.00 bits per heavy atom. The molecule has 7 heteroatoms. The van der Waals surface area contributed by atoms with E-state index in [1.165, 1.54) is 18.2 Å². The van der Waals surface area contributed by atoms with Crippen LogP contribution in [0.1, 0.15) is 18.1 Å². The summed E-state index contributed by atoms with van der Waals surface area (Å²) in [6.45, 7) is 1.72. The van der Waals surface area contributed by atoms with E-state index in [-0.39, 0.29) is 23.4 Å². The molecule has 7 nitrogen and oxygen atoms in total. The average Bonchev–Trinajstić information content (AvgIpc) is 2.46. The van der Waals surface area contributed by atoms with Gasteiger partial charge in [0.1, 0.15) is 12.1 Å². The van der Waals surface area contributed by atoms with Crippen LogP contribution in [-0.4, -0.2) is 24.5 Å². The maximum Gasteiger partial charge on any atom is 0.332 e. The molecule has 0 aliphatic heterocycles. The number of nitrogens with one attached hydrogen (secondary N) is 1. The molecule has 20 heavy (non-hydrogen) atoms. The van der Waals surface area contributed by atoms with Crippen LogP contribution in [0, 0.1) is 22.7 Å². The minimum Gasteiger partial charge on any atom is -0.464 e. The Morgan fingerprint density at radius 1 is 1.35 bits per heavy atom. The van der Waals surface area contributed by atoms with Crippen molar-refractivity contribution in [3.63, 3.8) is 0 Å². The first-order chi connectivity index (χ1) is 9.53. The second kappa shape index (κ2) is 6.88. The van der Waals surface area contributed by atoms with Crippen LogP contribution in [0.15, 0.2) is 18.2 Å². The molecule has 1 atom stereocenters. The van der Waals surface area contributed by atoms with Crippen molar-refractivity contribution in [2.24, 2.45) is 5.73 Å². The van der Waals surface area contributed by atoms with Gasteiger partial charge in [0.15, 0.2) is 6.04 Å². The van der Waals surface area contributed by atoms with E-state index in [1.807, 2.05) is 12.1 Å². The lowest BCUT2D eigenvalue weighted by molar-refractivity contribution is -0.146. The van der Waals surface area contributed by atoms with Crippen LogP contribution in [0.2, 0.25) is 0 Å². The number of esters is 1. The quantitative estimate of drug-likeness (QED) is 0.597. The molecule has 0 radical (unpaired) electrons. The van der Waals surface area contributed by atoms with Crippen LogP contribution in [0.5, 0.6) is 0 Å². The van der Waals surface area contributed by atoms with Gasteiger partial charge in [0, 0.05) is 5.69 Å². The molecule has 1 aromatic carbocycles. The Balaban J connectivity index is 2.84. The molecule has 102 valence electrons. The Hall–Kier alpha value is -2.90. The first-order valence-electron chi connectivity index (χ1n) is 5.70. The van der Waals surface area contributed by atoms with E-state index in [9.17, 15) is 9.59 Å². The van der Waals surface area contributed by atoms with Crippen LogP contribution in [-0.2, 0) is 14.3 Å². The molecule has 3 N–H and O–H groups in total. The second-order valence-electron chi connectivity index (χ2n) is 3.70. The van der Waals surface area contributed by atoms with E-state index in [4.69, 9.17) is 16.3 Å². The van der Waals surface area contributed by atoms with Crippen molar-refractivity contribution in [3.05, 3.63) is 29.3 Å². The third-order valence-corrected chi connectivity index (χ3v) is 2.35. The standard InChI is InChI=1S/C13H12N4O3/c1-2-20-13(19)11(16)12(18)17-10-4-3-8(6-14)9(5-10)7-15/h3-5,11H,2,16H2,1H3,(H,17,18).